The Morgan fingerprint density at radius 3 is 2.33 bits per heavy atom. The number of carbonyl (C=O) groups is 3. The van der Waals surface area contributed by atoms with Gasteiger partial charge in [-0.15, -0.1) is 0 Å². The average molecular weight is 399 g/mol. The molecule has 0 spiro atoms. The molecule has 0 atom stereocenters. The Morgan fingerprint density at radius 1 is 1.15 bits per heavy atom. The fourth-order valence-corrected chi connectivity index (χ4v) is 3.70. The maximum Gasteiger partial charge on any atom is 0.338 e. The van der Waals surface area contributed by atoms with Crippen LogP contribution in [0, 0.1) is 0 Å². The summed E-state index contributed by atoms with van der Waals surface area (Å²) < 4.78 is 31.3. The molecule has 1 aromatic carbocycles. The Labute approximate surface area is 159 Å². The number of esters is 1. The lowest BCUT2D eigenvalue weighted by Gasteiger charge is -2.18. The van der Waals surface area contributed by atoms with Crippen molar-refractivity contribution in [3.8, 4) is 0 Å². The molecule has 0 radical (unpaired) electrons. The molecule has 0 saturated carbocycles. The molecule has 0 fully saturated rings. The maximum absolute atomic E-state index is 12.5. The number of hydrogen-bond acceptors (Lipinski definition) is 6. The monoisotopic (exact) mass is 399 g/mol. The summed E-state index contributed by atoms with van der Waals surface area (Å²) in [6.45, 7) is 3.34. The molecule has 10 heteroatoms. The quantitative estimate of drug-likeness (QED) is 0.589. The number of nitrogens with one attached hydrogen (secondary N) is 1. The number of carbonyl (C=O) groups excluding carboxylic acids is 3. The van der Waals surface area contributed by atoms with E-state index in [1.54, 1.807) is 13.8 Å². The summed E-state index contributed by atoms with van der Waals surface area (Å²) in [4.78, 5) is 36.4. The van der Waals surface area contributed by atoms with E-state index in [2.05, 4.69) is 5.32 Å². The fraction of sp³-hybridized carbons (Fsp3) is 0.471. The summed E-state index contributed by atoms with van der Waals surface area (Å²) in [5.41, 5.74) is 0.0185. The van der Waals surface area contributed by atoms with E-state index in [1.807, 2.05) is 0 Å². The van der Waals surface area contributed by atoms with E-state index in [4.69, 9.17) is 4.74 Å². The minimum Gasteiger partial charge on any atom is -0.452 e. The molecule has 0 bridgehead atoms. The van der Waals surface area contributed by atoms with Gasteiger partial charge in [0.25, 0.3) is 5.91 Å². The summed E-state index contributed by atoms with van der Waals surface area (Å²) in [6.07, 6.45) is 0. The highest BCUT2D eigenvalue weighted by molar-refractivity contribution is 7.89. The molecule has 0 unspecified atom stereocenters. The van der Waals surface area contributed by atoms with E-state index in [9.17, 15) is 22.8 Å². The van der Waals surface area contributed by atoms with Gasteiger partial charge in [0, 0.05) is 27.2 Å². The summed E-state index contributed by atoms with van der Waals surface area (Å²) >= 11 is 0. The largest absolute Gasteiger partial charge is 0.452 e. The van der Waals surface area contributed by atoms with Crippen LogP contribution in [0.2, 0.25) is 0 Å². The van der Waals surface area contributed by atoms with Crippen LogP contribution in [0.1, 0.15) is 24.2 Å². The number of sulfonamides is 1. The predicted molar refractivity (Wildman–Crippen MR) is 98.5 cm³/mol. The lowest BCUT2D eigenvalue weighted by Crippen LogP contribution is -2.39. The number of likely N-dealkylation sites (N-methyl/N-ethyl adjacent to an activating group) is 2. The molecule has 0 aliphatic rings. The van der Waals surface area contributed by atoms with Crippen LogP contribution in [0.15, 0.2) is 29.2 Å². The van der Waals surface area contributed by atoms with Crippen molar-refractivity contribution in [2.75, 3.05) is 40.3 Å². The second kappa shape index (κ2) is 10.0. The topological polar surface area (TPSA) is 113 Å². The van der Waals surface area contributed by atoms with Gasteiger partial charge in [-0.05, 0) is 18.2 Å². The van der Waals surface area contributed by atoms with E-state index in [-0.39, 0.29) is 22.9 Å². The van der Waals surface area contributed by atoms with Crippen LogP contribution in [0.25, 0.3) is 0 Å². The van der Waals surface area contributed by atoms with E-state index < -0.39 is 28.5 Å². The van der Waals surface area contributed by atoms with Gasteiger partial charge in [-0.1, -0.05) is 19.9 Å². The summed E-state index contributed by atoms with van der Waals surface area (Å²) in [5.74, 6) is -1.74. The van der Waals surface area contributed by atoms with Gasteiger partial charge in [0.2, 0.25) is 15.9 Å². The van der Waals surface area contributed by atoms with E-state index >= 15 is 0 Å². The first kappa shape index (κ1) is 22.6. The molecular formula is C17H25N3O6S. The van der Waals surface area contributed by atoms with Gasteiger partial charge in [-0.25, -0.2) is 13.2 Å². The van der Waals surface area contributed by atoms with Crippen LogP contribution in [-0.4, -0.2) is 75.7 Å². The first-order chi connectivity index (χ1) is 12.7. The first-order valence-electron chi connectivity index (χ1n) is 8.39. The third-order valence-corrected chi connectivity index (χ3v) is 5.87. The van der Waals surface area contributed by atoms with Gasteiger partial charge in [0.1, 0.15) is 0 Å². The second-order valence-corrected chi connectivity index (χ2v) is 7.55. The Bertz CT molecular complexity index is 790. The molecule has 0 saturated heterocycles. The predicted octanol–water partition coefficient (Wildman–Crippen LogP) is 0.0783. The van der Waals surface area contributed by atoms with Crippen molar-refractivity contribution in [2.45, 2.75) is 18.7 Å². The summed E-state index contributed by atoms with van der Waals surface area (Å²) in [6, 6.07) is 5.45. The Balaban J connectivity index is 2.83. The van der Waals surface area contributed by atoms with Crippen molar-refractivity contribution in [2.24, 2.45) is 0 Å². The molecule has 1 aromatic rings. The van der Waals surface area contributed by atoms with Crippen molar-refractivity contribution in [3.05, 3.63) is 29.8 Å². The van der Waals surface area contributed by atoms with Crippen LogP contribution in [0.4, 0.5) is 0 Å². The number of hydrogen-bond donors (Lipinski definition) is 1. The summed E-state index contributed by atoms with van der Waals surface area (Å²) in [7, 11) is -0.863. The molecule has 0 aliphatic heterocycles. The van der Waals surface area contributed by atoms with Crippen molar-refractivity contribution < 1.29 is 27.5 Å². The van der Waals surface area contributed by atoms with E-state index in [1.165, 1.54) is 42.7 Å². The number of ether oxygens (including phenoxy) is 1. The van der Waals surface area contributed by atoms with Crippen molar-refractivity contribution in [1.29, 1.82) is 0 Å². The zero-order valence-electron chi connectivity index (χ0n) is 15.9. The Hall–Kier alpha value is -2.46. The van der Waals surface area contributed by atoms with Crippen LogP contribution >= 0.6 is 0 Å². The zero-order chi connectivity index (χ0) is 20.6. The fourth-order valence-electron chi connectivity index (χ4n) is 2.20. The molecule has 9 nitrogen and oxygen atoms in total. The Morgan fingerprint density at radius 2 is 1.78 bits per heavy atom. The molecular weight excluding hydrogens is 374 g/mol. The molecule has 0 heterocycles. The van der Waals surface area contributed by atoms with E-state index in [0.717, 1.165) is 4.90 Å². The second-order valence-electron chi connectivity index (χ2n) is 5.62. The minimum atomic E-state index is -3.71. The molecule has 27 heavy (non-hydrogen) atoms. The number of benzene rings is 1. The SMILES string of the molecule is CCN(CC)S(=O)(=O)c1cccc(C(=O)OCC(=O)N(C)CC(=O)NC)c1. The zero-order valence-corrected chi connectivity index (χ0v) is 16.7. The number of rotatable bonds is 9. The molecule has 1 N–H and O–H groups in total. The van der Waals surface area contributed by atoms with Gasteiger partial charge in [-0.2, -0.15) is 4.31 Å². The molecule has 0 aliphatic carbocycles. The maximum atomic E-state index is 12.5. The van der Waals surface area contributed by atoms with Crippen molar-refractivity contribution in [1.82, 2.24) is 14.5 Å². The highest BCUT2D eigenvalue weighted by Gasteiger charge is 2.23. The van der Waals surface area contributed by atoms with Gasteiger partial charge < -0.3 is 15.0 Å². The highest BCUT2D eigenvalue weighted by Crippen LogP contribution is 2.17. The van der Waals surface area contributed by atoms with Gasteiger partial charge in [-0.3, -0.25) is 9.59 Å². The van der Waals surface area contributed by atoms with Crippen LogP contribution in [-0.2, 0) is 24.3 Å². The smallest absolute Gasteiger partial charge is 0.338 e. The third kappa shape index (κ3) is 6.04. The van der Waals surface area contributed by atoms with Gasteiger partial charge >= 0.3 is 5.97 Å². The average Bonchev–Trinajstić information content (AvgIpc) is 2.66. The van der Waals surface area contributed by atoms with Gasteiger partial charge in [0.15, 0.2) is 6.61 Å². The number of nitrogens with zero attached hydrogens (tertiary/aromatic N) is 2. The van der Waals surface area contributed by atoms with Crippen LogP contribution in [0.5, 0.6) is 0 Å². The van der Waals surface area contributed by atoms with Gasteiger partial charge in [0.05, 0.1) is 17.0 Å². The minimum absolute atomic E-state index is 0.0185. The van der Waals surface area contributed by atoms with Crippen LogP contribution < -0.4 is 5.32 Å². The summed E-state index contributed by atoms with van der Waals surface area (Å²) in [5, 5.41) is 2.38. The van der Waals surface area contributed by atoms with Crippen LogP contribution in [0.3, 0.4) is 0 Å². The Kier molecular flexibility index (Phi) is 8.38. The number of amides is 2. The lowest BCUT2D eigenvalue weighted by atomic mass is 10.2. The van der Waals surface area contributed by atoms with E-state index in [0.29, 0.717) is 13.1 Å². The van der Waals surface area contributed by atoms with Crippen molar-refractivity contribution in [3.63, 3.8) is 0 Å². The molecule has 1 rings (SSSR count). The third-order valence-electron chi connectivity index (χ3n) is 3.83. The van der Waals surface area contributed by atoms with Crippen molar-refractivity contribution >= 4 is 27.8 Å². The standard InChI is InChI=1S/C17H25N3O6S/c1-5-20(6-2)27(24,25)14-9-7-8-13(10-14)17(23)26-12-16(22)19(4)11-15(21)18-3/h7-10H,5-6,11-12H2,1-4H3,(H,18,21). The lowest BCUT2D eigenvalue weighted by molar-refractivity contribution is -0.137. The molecule has 150 valence electrons. The molecule has 0 aromatic heterocycles. The first-order valence-corrected chi connectivity index (χ1v) is 9.83. The normalized spacial score (nSPS) is 11.1. The highest BCUT2D eigenvalue weighted by atomic mass is 32.2. The molecule has 2 amide bonds.